The van der Waals surface area contributed by atoms with Gasteiger partial charge in [0.1, 0.15) is 28.6 Å². The third-order valence-electron chi connectivity index (χ3n) is 9.19. The lowest BCUT2D eigenvalue weighted by molar-refractivity contribution is -0.153. The van der Waals surface area contributed by atoms with Crippen molar-refractivity contribution >= 4 is 23.2 Å². The second-order valence-corrected chi connectivity index (χ2v) is 11.3. The number of likely N-dealkylation sites (N-methyl/N-ethyl adjacent to an activating group) is 1. The van der Waals surface area contributed by atoms with Crippen LogP contribution in [0.3, 0.4) is 0 Å². The Morgan fingerprint density at radius 1 is 1.18 bits per heavy atom. The molecule has 0 unspecified atom stereocenters. The van der Waals surface area contributed by atoms with Gasteiger partial charge >= 0.3 is 0 Å². The van der Waals surface area contributed by atoms with Crippen LogP contribution in [-0.2, 0) is 33.9 Å². The van der Waals surface area contributed by atoms with Crippen LogP contribution in [0.25, 0.3) is 5.76 Å². The van der Waals surface area contributed by atoms with Gasteiger partial charge in [-0.3, -0.25) is 24.2 Å². The summed E-state index contributed by atoms with van der Waals surface area (Å²) in [5.74, 6) is -6.06. The number of hydrogen-bond acceptors (Lipinski definition) is 10. The van der Waals surface area contributed by atoms with Crippen LogP contribution < -0.4 is 10.5 Å². The molecule has 3 aliphatic carbocycles. The number of methoxy groups -OCH3 is 1. The fraction of sp³-hybridized carbons (Fsp3) is 0.536. The maximum atomic E-state index is 14.0. The number of benzene rings is 1. The summed E-state index contributed by atoms with van der Waals surface area (Å²) in [6, 6.07) is -0.886. The van der Waals surface area contributed by atoms with Crippen molar-refractivity contribution in [2.24, 2.45) is 17.6 Å². The van der Waals surface area contributed by atoms with E-state index in [1.54, 1.807) is 14.1 Å². The molecule has 1 amide bonds. The highest BCUT2D eigenvalue weighted by atomic mass is 16.5. The largest absolute Gasteiger partial charge is 0.508 e. The lowest BCUT2D eigenvalue weighted by Gasteiger charge is -2.50. The van der Waals surface area contributed by atoms with Crippen molar-refractivity contribution in [2.75, 3.05) is 21.2 Å². The van der Waals surface area contributed by atoms with E-state index in [-0.39, 0.29) is 35.8 Å². The van der Waals surface area contributed by atoms with E-state index in [4.69, 9.17) is 10.5 Å². The molecule has 1 fully saturated rings. The number of carbonyl (C=O) groups is 3. The number of ether oxygens (including phenoxy) is 1. The third-order valence-corrected chi connectivity index (χ3v) is 9.19. The minimum Gasteiger partial charge on any atom is -0.508 e. The van der Waals surface area contributed by atoms with E-state index in [2.05, 4.69) is 18.7 Å². The highest BCUT2D eigenvalue weighted by Crippen LogP contribution is 2.55. The average Bonchev–Trinajstić information content (AvgIpc) is 3.31. The number of phenols is 1. The van der Waals surface area contributed by atoms with Crippen molar-refractivity contribution in [3.05, 3.63) is 39.2 Å². The molecule has 5 atom stereocenters. The number of carbonyl (C=O) groups excluding carboxylic acids is 3. The molecule has 0 aromatic heterocycles. The zero-order valence-corrected chi connectivity index (χ0v) is 22.7. The molecule has 0 spiro atoms. The monoisotopic (exact) mass is 541 g/mol. The van der Waals surface area contributed by atoms with Crippen LogP contribution in [0.4, 0.5) is 0 Å². The van der Waals surface area contributed by atoms with Crippen molar-refractivity contribution < 1.29 is 39.5 Å². The molecule has 0 radical (unpaired) electrons. The number of amides is 1. The van der Waals surface area contributed by atoms with Crippen LogP contribution in [0, 0.1) is 11.8 Å². The van der Waals surface area contributed by atoms with Gasteiger partial charge in [0.15, 0.2) is 11.4 Å². The summed E-state index contributed by atoms with van der Waals surface area (Å²) in [5, 5.41) is 45.6. The van der Waals surface area contributed by atoms with Gasteiger partial charge in [-0.15, -0.1) is 0 Å². The highest BCUT2D eigenvalue weighted by molar-refractivity contribution is 6.24. The second-order valence-electron chi connectivity index (χ2n) is 11.3. The summed E-state index contributed by atoms with van der Waals surface area (Å²) in [6.45, 7) is 5.16. The maximum absolute atomic E-state index is 14.0. The molecule has 210 valence electrons. The third kappa shape index (κ3) is 3.49. The van der Waals surface area contributed by atoms with Gasteiger partial charge < -0.3 is 30.9 Å². The Bertz CT molecular complexity index is 1380. The zero-order valence-electron chi connectivity index (χ0n) is 22.7. The summed E-state index contributed by atoms with van der Waals surface area (Å²) in [4.78, 5) is 43.0. The molecule has 0 saturated heterocycles. The lowest BCUT2D eigenvalue weighted by Crippen LogP contribution is -2.65. The number of hydrogen-bond donors (Lipinski definition) is 5. The van der Waals surface area contributed by atoms with Gasteiger partial charge in [-0.25, -0.2) is 0 Å². The first-order chi connectivity index (χ1) is 18.3. The van der Waals surface area contributed by atoms with Crippen LogP contribution in [0.2, 0.25) is 0 Å². The van der Waals surface area contributed by atoms with Crippen molar-refractivity contribution in [3.8, 4) is 11.5 Å². The number of ketones is 2. The normalized spacial score (nSPS) is 29.3. The van der Waals surface area contributed by atoms with Crippen molar-refractivity contribution in [3.63, 3.8) is 0 Å². The number of Topliss-reactive ketones (excluding diaryl/α,β-unsaturated/α-hetero) is 2. The minimum absolute atomic E-state index is 0.0335. The zero-order chi connectivity index (χ0) is 28.7. The summed E-state index contributed by atoms with van der Waals surface area (Å²) < 4.78 is 5.82. The first-order valence-electron chi connectivity index (χ1n) is 13.1. The number of fused-ring (bicyclic) bond motifs is 4. The predicted octanol–water partition coefficient (Wildman–Crippen LogP) is 1.09. The molecule has 11 nitrogen and oxygen atoms in total. The van der Waals surface area contributed by atoms with E-state index >= 15 is 0 Å². The Balaban J connectivity index is 1.72. The van der Waals surface area contributed by atoms with E-state index in [9.17, 15) is 34.8 Å². The van der Waals surface area contributed by atoms with E-state index in [0.29, 0.717) is 30.0 Å². The number of aliphatic hydroxyl groups excluding tert-OH is 2. The number of nitrogens with two attached hydrogens (primary N) is 1. The van der Waals surface area contributed by atoms with Gasteiger partial charge in [-0.05, 0) is 46.2 Å². The van der Waals surface area contributed by atoms with E-state index in [1.165, 1.54) is 12.0 Å². The molecule has 1 aromatic carbocycles. The standard InChI is InChI=1S/C28H35N3O8/c1-6-11(2)31-9-14-15(10-31)24(39-5)13-7-12-8-16-20(30(3)4)23(34)19(27(29)37)26(36)28(16,38)25(35)17(12)22(33)18(13)21(14)32/h11-12,16,20,32-33,36,38H,6-10H2,1-5H3,(H2,29,37)/t11-,12-,16-,20-,28-/m0/s1. The van der Waals surface area contributed by atoms with E-state index in [1.807, 2.05) is 0 Å². The maximum Gasteiger partial charge on any atom is 0.255 e. The number of rotatable bonds is 5. The van der Waals surface area contributed by atoms with Crippen LogP contribution in [-0.4, -0.2) is 86.6 Å². The molecule has 1 aliphatic heterocycles. The molecule has 39 heavy (non-hydrogen) atoms. The Morgan fingerprint density at radius 3 is 2.38 bits per heavy atom. The second kappa shape index (κ2) is 9.07. The number of nitrogens with zero attached hydrogens (tertiary/aromatic N) is 2. The first kappa shape index (κ1) is 27.2. The summed E-state index contributed by atoms with van der Waals surface area (Å²) >= 11 is 0. The van der Waals surface area contributed by atoms with Gasteiger partial charge in [0, 0.05) is 47.3 Å². The van der Waals surface area contributed by atoms with Gasteiger partial charge in [0.25, 0.3) is 5.91 Å². The molecule has 6 N–H and O–H groups in total. The predicted molar refractivity (Wildman–Crippen MR) is 140 cm³/mol. The highest BCUT2D eigenvalue weighted by Gasteiger charge is 2.64. The molecular formula is C28H35N3O8. The number of phenolic OH excluding ortho intramolecular Hbond substituents is 1. The van der Waals surface area contributed by atoms with Crippen LogP contribution >= 0.6 is 0 Å². The summed E-state index contributed by atoms with van der Waals surface area (Å²) in [6.07, 6.45) is 1.13. The molecule has 0 bridgehead atoms. The Hall–Kier alpha value is -3.41. The first-order valence-corrected chi connectivity index (χ1v) is 13.1. The van der Waals surface area contributed by atoms with Gasteiger partial charge in [-0.2, -0.15) is 0 Å². The fourth-order valence-corrected chi connectivity index (χ4v) is 7.07. The Morgan fingerprint density at radius 2 is 1.82 bits per heavy atom. The van der Waals surface area contributed by atoms with Gasteiger partial charge in [0.05, 0.1) is 18.7 Å². The van der Waals surface area contributed by atoms with Gasteiger partial charge in [-0.1, -0.05) is 6.92 Å². The van der Waals surface area contributed by atoms with Crippen LogP contribution in [0.5, 0.6) is 11.5 Å². The van der Waals surface area contributed by atoms with Gasteiger partial charge in [0.2, 0.25) is 5.78 Å². The minimum atomic E-state index is -2.66. The lowest BCUT2D eigenvalue weighted by atomic mass is 9.57. The van der Waals surface area contributed by atoms with Crippen molar-refractivity contribution in [1.82, 2.24) is 9.80 Å². The Labute approximate surface area is 226 Å². The van der Waals surface area contributed by atoms with Crippen LogP contribution in [0.15, 0.2) is 16.9 Å². The van der Waals surface area contributed by atoms with E-state index < -0.39 is 58.0 Å². The fourth-order valence-electron chi connectivity index (χ4n) is 7.07. The molecular weight excluding hydrogens is 506 g/mol. The molecule has 4 aliphatic rings. The molecule has 1 saturated carbocycles. The topological polar surface area (TPSA) is 174 Å². The molecule has 5 rings (SSSR count). The van der Waals surface area contributed by atoms with Crippen molar-refractivity contribution in [1.29, 1.82) is 0 Å². The SMILES string of the molecule is CC[C@H](C)N1Cc2c(O)c3c(c(OC)c2C1)C[C@H]1C[C@H]2[C@H](N(C)C)C(=O)C(C(N)=O)=C(O)[C@@]2(O)C(=O)C1=C3O. The van der Waals surface area contributed by atoms with E-state index in [0.717, 1.165) is 12.0 Å². The smallest absolute Gasteiger partial charge is 0.255 e. The van der Waals surface area contributed by atoms with Crippen molar-refractivity contribution in [2.45, 2.75) is 63.9 Å². The molecule has 1 aromatic rings. The summed E-state index contributed by atoms with van der Waals surface area (Å²) in [7, 11) is 4.66. The average molecular weight is 542 g/mol. The number of aliphatic hydroxyl groups is 3. The summed E-state index contributed by atoms with van der Waals surface area (Å²) in [5.41, 5.74) is 3.76. The Kier molecular flexibility index (Phi) is 6.32. The number of aromatic hydroxyl groups is 1. The number of primary amides is 1. The molecule has 11 heteroatoms. The molecule has 1 heterocycles. The van der Waals surface area contributed by atoms with Crippen LogP contribution in [0.1, 0.15) is 48.9 Å². The quantitative estimate of drug-likeness (QED) is 0.340.